The summed E-state index contributed by atoms with van der Waals surface area (Å²) in [6.07, 6.45) is 0.991. The van der Waals surface area contributed by atoms with Crippen LogP contribution < -0.4 is 5.73 Å². The molecular formula is C15H12Cl2FNO4S. The zero-order valence-electron chi connectivity index (χ0n) is 12.0. The number of amides is 1. The van der Waals surface area contributed by atoms with E-state index in [2.05, 4.69) is 0 Å². The van der Waals surface area contributed by atoms with Crippen LogP contribution in [0.4, 0.5) is 4.39 Å². The first kappa shape index (κ1) is 20.1. The Kier molecular flexibility index (Phi) is 7.37. The molecular weight excluding hydrogens is 380 g/mol. The highest BCUT2D eigenvalue weighted by atomic mass is 35.5. The van der Waals surface area contributed by atoms with Gasteiger partial charge in [0.1, 0.15) is 5.82 Å². The minimum Gasteiger partial charge on any atom is -0.366 e. The fourth-order valence-electron chi connectivity index (χ4n) is 1.46. The second kappa shape index (κ2) is 8.79. The summed E-state index contributed by atoms with van der Waals surface area (Å²) < 4.78 is 41.7. The summed E-state index contributed by atoms with van der Waals surface area (Å²) in [6.45, 7) is 0. The highest BCUT2D eigenvalue weighted by Crippen LogP contribution is 2.20. The second-order valence-electron chi connectivity index (χ2n) is 4.33. The van der Waals surface area contributed by atoms with Crippen molar-refractivity contribution >= 4 is 45.3 Å². The van der Waals surface area contributed by atoms with Crippen LogP contribution in [-0.2, 0) is 10.1 Å². The Morgan fingerprint density at radius 1 is 1.17 bits per heavy atom. The van der Waals surface area contributed by atoms with Crippen LogP contribution in [-0.4, -0.2) is 18.9 Å². The monoisotopic (exact) mass is 391 g/mol. The molecule has 2 aromatic rings. The van der Waals surface area contributed by atoms with Crippen molar-refractivity contribution in [1.82, 2.24) is 0 Å². The summed E-state index contributed by atoms with van der Waals surface area (Å²) in [5.74, 6) is -1.09. The van der Waals surface area contributed by atoms with E-state index in [4.69, 9.17) is 33.5 Å². The van der Waals surface area contributed by atoms with Crippen LogP contribution in [0, 0.1) is 5.82 Å². The molecule has 0 fully saturated rings. The molecule has 0 atom stereocenters. The SMILES string of the molecule is NC(=O)c1ccc(Cl)cc1Cl.O=S(=O)(O)/C=C/c1ccccc1F. The Morgan fingerprint density at radius 3 is 2.29 bits per heavy atom. The molecule has 0 spiro atoms. The second-order valence-corrected chi connectivity index (χ2v) is 6.47. The minimum atomic E-state index is -4.19. The van der Waals surface area contributed by atoms with Gasteiger partial charge in [0.2, 0.25) is 5.91 Å². The lowest BCUT2D eigenvalue weighted by Gasteiger charge is -1.97. The van der Waals surface area contributed by atoms with Gasteiger partial charge >= 0.3 is 0 Å². The maximum Gasteiger partial charge on any atom is 0.287 e. The molecule has 24 heavy (non-hydrogen) atoms. The topological polar surface area (TPSA) is 97.5 Å². The van der Waals surface area contributed by atoms with Crippen molar-refractivity contribution in [1.29, 1.82) is 0 Å². The first-order valence-electron chi connectivity index (χ1n) is 6.25. The third-order valence-electron chi connectivity index (χ3n) is 2.52. The molecule has 2 aromatic carbocycles. The average molecular weight is 392 g/mol. The summed E-state index contributed by atoms with van der Waals surface area (Å²) in [5.41, 5.74) is 5.40. The Morgan fingerprint density at radius 2 is 1.79 bits per heavy atom. The lowest BCUT2D eigenvalue weighted by atomic mass is 10.2. The molecule has 128 valence electrons. The molecule has 0 heterocycles. The lowest BCUT2D eigenvalue weighted by molar-refractivity contribution is 0.100. The van der Waals surface area contributed by atoms with Crippen LogP contribution in [0.15, 0.2) is 47.9 Å². The van der Waals surface area contributed by atoms with Crippen LogP contribution in [0.1, 0.15) is 15.9 Å². The minimum absolute atomic E-state index is 0.111. The molecule has 0 aliphatic carbocycles. The Bertz CT molecular complexity index is 870. The van der Waals surface area contributed by atoms with Gasteiger partial charge in [-0.1, -0.05) is 41.4 Å². The number of halogens is 3. The lowest BCUT2D eigenvalue weighted by Crippen LogP contribution is -2.11. The van der Waals surface area contributed by atoms with Crippen LogP contribution in [0.25, 0.3) is 6.08 Å². The fraction of sp³-hybridized carbons (Fsp3) is 0. The van der Waals surface area contributed by atoms with E-state index in [1.165, 1.54) is 30.3 Å². The number of nitrogens with two attached hydrogens (primary N) is 1. The van der Waals surface area contributed by atoms with Crippen molar-refractivity contribution in [3.05, 3.63) is 74.9 Å². The molecule has 1 amide bonds. The molecule has 0 unspecified atom stereocenters. The van der Waals surface area contributed by atoms with Crippen LogP contribution in [0.2, 0.25) is 10.0 Å². The number of carbonyl (C=O) groups excluding carboxylic acids is 1. The van der Waals surface area contributed by atoms with Crippen molar-refractivity contribution in [3.8, 4) is 0 Å². The number of carbonyl (C=O) groups is 1. The third kappa shape index (κ3) is 7.10. The van der Waals surface area contributed by atoms with Crippen molar-refractivity contribution in [2.24, 2.45) is 5.73 Å². The van der Waals surface area contributed by atoms with E-state index in [1.54, 1.807) is 12.1 Å². The predicted molar refractivity (Wildman–Crippen MR) is 92.0 cm³/mol. The first-order chi connectivity index (χ1) is 11.1. The van der Waals surface area contributed by atoms with E-state index in [-0.39, 0.29) is 16.1 Å². The predicted octanol–water partition coefficient (Wildman–Crippen LogP) is 3.78. The van der Waals surface area contributed by atoms with Gasteiger partial charge < -0.3 is 5.73 Å². The quantitative estimate of drug-likeness (QED) is 0.777. The van der Waals surface area contributed by atoms with Gasteiger partial charge in [-0.15, -0.1) is 0 Å². The molecule has 3 N–H and O–H groups in total. The van der Waals surface area contributed by atoms with Crippen molar-refractivity contribution < 1.29 is 22.2 Å². The van der Waals surface area contributed by atoms with Gasteiger partial charge in [-0.3, -0.25) is 9.35 Å². The normalized spacial score (nSPS) is 11.0. The maximum absolute atomic E-state index is 12.8. The number of primary amides is 1. The van der Waals surface area contributed by atoms with Crippen molar-refractivity contribution in [2.75, 3.05) is 0 Å². The van der Waals surface area contributed by atoms with Crippen molar-refractivity contribution in [2.45, 2.75) is 0 Å². The zero-order chi connectivity index (χ0) is 18.3. The summed E-state index contributed by atoms with van der Waals surface area (Å²) in [6, 6.07) is 10.2. The molecule has 5 nitrogen and oxygen atoms in total. The van der Waals surface area contributed by atoms with E-state index in [1.807, 2.05) is 0 Å². The van der Waals surface area contributed by atoms with Gasteiger partial charge in [0.05, 0.1) is 16.0 Å². The standard InChI is InChI=1S/C8H7FO3S.C7H5Cl2NO/c9-8-4-2-1-3-7(8)5-6-13(10,11)12;8-4-1-2-5(7(10)11)6(9)3-4/h1-6H,(H,10,11,12);1-3H,(H2,10,11)/b6-5+;. The van der Waals surface area contributed by atoms with E-state index >= 15 is 0 Å². The van der Waals surface area contributed by atoms with E-state index < -0.39 is 21.8 Å². The largest absolute Gasteiger partial charge is 0.366 e. The number of hydrogen-bond donors (Lipinski definition) is 2. The smallest absolute Gasteiger partial charge is 0.287 e. The van der Waals surface area contributed by atoms with Gasteiger partial charge in [0.25, 0.3) is 10.1 Å². The Labute approximate surface area is 148 Å². The molecule has 0 saturated heterocycles. The molecule has 9 heteroatoms. The number of rotatable bonds is 3. The summed E-state index contributed by atoms with van der Waals surface area (Å²) in [5, 5.41) is 1.30. The van der Waals surface area contributed by atoms with E-state index in [9.17, 15) is 17.6 Å². The molecule has 0 aliphatic rings. The van der Waals surface area contributed by atoms with E-state index in [0.29, 0.717) is 10.4 Å². The molecule has 0 aromatic heterocycles. The molecule has 0 saturated carbocycles. The first-order valence-corrected chi connectivity index (χ1v) is 8.51. The van der Waals surface area contributed by atoms with Gasteiger partial charge in [0.15, 0.2) is 0 Å². The van der Waals surface area contributed by atoms with Gasteiger partial charge in [-0.25, -0.2) is 4.39 Å². The highest BCUT2D eigenvalue weighted by Gasteiger charge is 2.05. The number of hydrogen-bond acceptors (Lipinski definition) is 3. The maximum atomic E-state index is 12.8. The fourth-order valence-corrected chi connectivity index (χ4v) is 2.28. The van der Waals surface area contributed by atoms with Crippen LogP contribution in [0.5, 0.6) is 0 Å². The Balaban J connectivity index is 0.000000243. The van der Waals surface area contributed by atoms with Crippen LogP contribution >= 0.6 is 23.2 Å². The Hall–Kier alpha value is -1.93. The highest BCUT2D eigenvalue weighted by molar-refractivity contribution is 7.88. The average Bonchev–Trinajstić information content (AvgIpc) is 2.45. The zero-order valence-corrected chi connectivity index (χ0v) is 14.3. The summed E-state index contributed by atoms with van der Waals surface area (Å²) >= 11 is 11.2. The van der Waals surface area contributed by atoms with E-state index in [0.717, 1.165) is 6.08 Å². The van der Waals surface area contributed by atoms with Gasteiger partial charge in [-0.2, -0.15) is 8.42 Å². The summed E-state index contributed by atoms with van der Waals surface area (Å²) in [4.78, 5) is 10.6. The molecule has 0 radical (unpaired) electrons. The summed E-state index contributed by atoms with van der Waals surface area (Å²) in [7, 11) is -4.19. The molecule has 0 bridgehead atoms. The van der Waals surface area contributed by atoms with Crippen molar-refractivity contribution in [3.63, 3.8) is 0 Å². The van der Waals surface area contributed by atoms with Gasteiger partial charge in [0, 0.05) is 10.6 Å². The van der Waals surface area contributed by atoms with Gasteiger partial charge in [-0.05, 0) is 30.3 Å². The third-order valence-corrected chi connectivity index (χ3v) is 3.55. The number of benzene rings is 2. The molecule has 2 rings (SSSR count). The molecule has 0 aliphatic heterocycles. The van der Waals surface area contributed by atoms with Crippen LogP contribution in [0.3, 0.4) is 0 Å².